The molecule has 0 bridgehead atoms. The third kappa shape index (κ3) is 15.1. The Labute approximate surface area is 325 Å². The van der Waals surface area contributed by atoms with Crippen molar-refractivity contribution in [3.05, 3.63) is 122 Å². The molecule has 0 aliphatic heterocycles. The smallest absolute Gasteiger partial charge is 0.336 e. The van der Waals surface area contributed by atoms with Crippen LogP contribution in [0.15, 0.2) is 105 Å². The Hall–Kier alpha value is -6.24. The van der Waals surface area contributed by atoms with Crippen LogP contribution < -0.4 is 31.3 Å². The summed E-state index contributed by atoms with van der Waals surface area (Å²) in [6, 6.07) is 25.9. The molecule has 3 unspecified atom stereocenters. The number of carbonyl (C=O) groups excluding carboxylic acids is 3. The van der Waals surface area contributed by atoms with Crippen LogP contribution in [-0.2, 0) is 48.2 Å². The zero-order valence-corrected chi connectivity index (χ0v) is 31.0. The van der Waals surface area contributed by atoms with Gasteiger partial charge >= 0.3 is 35.0 Å². The summed E-state index contributed by atoms with van der Waals surface area (Å²) >= 11 is 0. The minimum atomic E-state index is -1.19. The number of carbonyl (C=O) groups is 3. The molecule has 0 aliphatic rings. The van der Waals surface area contributed by atoms with E-state index in [9.17, 15) is 44.1 Å². The summed E-state index contributed by atoms with van der Waals surface area (Å²) in [5, 5.41) is 30.5. The van der Waals surface area contributed by atoms with E-state index in [1.807, 2.05) is 0 Å². The molecule has 18 nitrogen and oxygen atoms in total. The molecule has 4 aromatic rings. The molecule has 18 heteroatoms. The zero-order chi connectivity index (χ0) is 41.0. The number of hydrogen-bond donors (Lipinski definition) is 3. The van der Waals surface area contributed by atoms with Gasteiger partial charge in [0.15, 0.2) is 0 Å². The van der Waals surface area contributed by atoms with Gasteiger partial charge in [-0.15, -0.1) is 0 Å². The first-order valence-corrected chi connectivity index (χ1v) is 18.0. The van der Waals surface area contributed by atoms with Crippen LogP contribution in [0.5, 0.6) is 17.2 Å². The van der Waals surface area contributed by atoms with Crippen molar-refractivity contribution in [3.8, 4) is 17.2 Å². The number of hydrogen-bond acceptors (Lipinski definition) is 15. The molecule has 3 N–H and O–H groups in total. The molecule has 306 valence electrons. The Morgan fingerprint density at radius 3 is 0.912 bits per heavy atom. The highest BCUT2D eigenvalue weighted by molar-refractivity contribution is 5.70. The van der Waals surface area contributed by atoms with E-state index in [1.165, 1.54) is 0 Å². The Bertz CT molecular complexity index is 1770. The van der Waals surface area contributed by atoms with E-state index in [2.05, 4.69) is 0 Å². The van der Waals surface area contributed by atoms with Crippen LogP contribution >= 0.6 is 0 Å². The van der Waals surface area contributed by atoms with Gasteiger partial charge in [0, 0.05) is 19.6 Å². The molecule has 0 fully saturated rings. The predicted molar refractivity (Wildman–Crippen MR) is 200 cm³/mol. The van der Waals surface area contributed by atoms with Gasteiger partial charge in [-0.25, -0.2) is 28.1 Å². The second kappa shape index (κ2) is 23.0. The largest absolute Gasteiger partial charge is 0.491 e. The summed E-state index contributed by atoms with van der Waals surface area (Å²) in [6.07, 6.45) is -5.16. The Morgan fingerprint density at radius 2 is 0.667 bits per heavy atom. The third-order valence-corrected chi connectivity index (χ3v) is 7.87. The van der Waals surface area contributed by atoms with Crippen LogP contribution in [0.25, 0.3) is 0 Å². The van der Waals surface area contributed by atoms with Crippen molar-refractivity contribution in [3.63, 3.8) is 0 Å². The predicted octanol–water partition coefficient (Wildman–Crippen LogP) is 0.291. The number of nitrogens with zero attached hydrogens (tertiary/aromatic N) is 3. The average Bonchev–Trinajstić information content (AvgIpc) is 3.22. The number of aromatic nitrogens is 3. The molecule has 0 saturated carbocycles. The fourth-order valence-electron chi connectivity index (χ4n) is 4.92. The first kappa shape index (κ1) is 43.5. The van der Waals surface area contributed by atoms with Gasteiger partial charge in [-0.1, -0.05) is 54.6 Å². The van der Waals surface area contributed by atoms with Crippen molar-refractivity contribution in [1.82, 2.24) is 13.7 Å². The number of aliphatic hydroxyl groups is 3. The van der Waals surface area contributed by atoms with Crippen molar-refractivity contribution >= 4 is 17.9 Å². The fraction of sp³-hybridized carbons (Fsp3) is 0.385. The molecule has 3 aromatic carbocycles. The summed E-state index contributed by atoms with van der Waals surface area (Å²) in [5.74, 6) is -1.19. The highest BCUT2D eigenvalue weighted by atomic mass is 16.6. The molecular formula is C39H45N3O15. The lowest BCUT2D eigenvalue weighted by Gasteiger charge is -2.15. The first-order chi connectivity index (χ1) is 27.5. The van der Waals surface area contributed by atoms with Crippen LogP contribution in [0.2, 0.25) is 0 Å². The topological polar surface area (TPSA) is 233 Å². The van der Waals surface area contributed by atoms with Crippen LogP contribution in [0.1, 0.15) is 19.3 Å². The van der Waals surface area contributed by atoms with Crippen molar-refractivity contribution in [2.45, 2.75) is 57.2 Å². The molecule has 3 atom stereocenters. The van der Waals surface area contributed by atoms with E-state index in [-0.39, 0.29) is 19.8 Å². The minimum Gasteiger partial charge on any atom is -0.491 e. The molecule has 1 aromatic heterocycles. The van der Waals surface area contributed by atoms with E-state index < -0.39 is 112 Å². The minimum absolute atomic E-state index is 0.182. The fourth-order valence-corrected chi connectivity index (χ4v) is 4.92. The number of benzene rings is 3. The van der Waals surface area contributed by atoms with Crippen molar-refractivity contribution in [2.24, 2.45) is 0 Å². The van der Waals surface area contributed by atoms with Gasteiger partial charge in [0.05, 0.1) is 19.3 Å². The van der Waals surface area contributed by atoms with Crippen LogP contribution in [-0.4, -0.2) is 105 Å². The molecule has 1 heterocycles. The van der Waals surface area contributed by atoms with Gasteiger partial charge in [-0.05, 0) is 36.4 Å². The number of aliphatic hydroxyl groups excluding tert-OH is 3. The number of ether oxygens (including phenoxy) is 6. The van der Waals surface area contributed by atoms with E-state index in [0.717, 1.165) is 0 Å². The van der Waals surface area contributed by atoms with Crippen LogP contribution in [0, 0.1) is 0 Å². The van der Waals surface area contributed by atoms with Gasteiger partial charge in [0.2, 0.25) is 0 Å². The third-order valence-electron chi connectivity index (χ3n) is 7.87. The number of para-hydroxylation sites is 3. The summed E-state index contributed by atoms with van der Waals surface area (Å²) in [7, 11) is 0. The molecular weight excluding hydrogens is 750 g/mol. The van der Waals surface area contributed by atoms with Crippen molar-refractivity contribution in [2.75, 3.05) is 39.6 Å². The summed E-state index contributed by atoms with van der Waals surface area (Å²) < 4.78 is 33.2. The van der Waals surface area contributed by atoms with E-state index in [4.69, 9.17) is 28.4 Å². The van der Waals surface area contributed by atoms with E-state index in [1.54, 1.807) is 91.0 Å². The quantitative estimate of drug-likeness (QED) is 0.0639. The maximum atomic E-state index is 13.4. The van der Waals surface area contributed by atoms with E-state index >= 15 is 0 Å². The van der Waals surface area contributed by atoms with Gasteiger partial charge in [-0.3, -0.25) is 14.4 Å². The standard InChI is InChI=1S/C39H45N3O15/c43-28(22-52-31-10-4-1-5-11-31)25-55-34(46)16-19-40-37(49)41(20-17-35(47)56-26-29(44)23-53-32-12-6-2-7-13-32)39(51)42(38(40)50)21-18-36(48)57-27-30(45)24-54-33-14-8-3-9-15-33/h1-15,28-30,43-45H,16-27H2. The Balaban J connectivity index is 1.36. The highest BCUT2D eigenvalue weighted by Gasteiger charge is 2.20. The van der Waals surface area contributed by atoms with Gasteiger partial charge < -0.3 is 43.7 Å². The molecule has 57 heavy (non-hydrogen) atoms. The lowest BCUT2D eigenvalue weighted by atomic mass is 10.3. The molecule has 0 aliphatic carbocycles. The first-order valence-electron chi connectivity index (χ1n) is 18.0. The van der Waals surface area contributed by atoms with Crippen molar-refractivity contribution in [1.29, 1.82) is 0 Å². The molecule has 0 amide bonds. The van der Waals surface area contributed by atoms with Gasteiger partial charge in [-0.2, -0.15) is 0 Å². The maximum absolute atomic E-state index is 13.4. The van der Waals surface area contributed by atoms with Crippen LogP contribution in [0.4, 0.5) is 0 Å². The number of esters is 3. The number of rotatable bonds is 24. The molecule has 4 rings (SSSR count). The van der Waals surface area contributed by atoms with Crippen molar-refractivity contribution < 1.29 is 58.1 Å². The lowest BCUT2D eigenvalue weighted by Crippen LogP contribution is -2.55. The molecule has 0 radical (unpaired) electrons. The second-order valence-electron chi connectivity index (χ2n) is 12.4. The summed E-state index contributed by atoms with van der Waals surface area (Å²) in [6.45, 7) is -3.59. The molecule has 0 spiro atoms. The highest BCUT2D eigenvalue weighted by Crippen LogP contribution is 2.11. The average molecular weight is 796 g/mol. The van der Waals surface area contributed by atoms with Gasteiger partial charge in [0.1, 0.15) is 75.2 Å². The monoisotopic (exact) mass is 795 g/mol. The normalized spacial score (nSPS) is 12.5. The van der Waals surface area contributed by atoms with E-state index in [0.29, 0.717) is 30.9 Å². The lowest BCUT2D eigenvalue weighted by molar-refractivity contribution is -0.148. The SMILES string of the molecule is O=C(CCn1c(=O)n(CCC(=O)OCC(O)COc2ccccc2)c(=O)n(CCC(=O)OCC(O)COc2ccccc2)c1=O)OCC(O)COc1ccccc1. The van der Waals surface area contributed by atoms with Crippen LogP contribution in [0.3, 0.4) is 0 Å². The summed E-state index contributed by atoms with van der Waals surface area (Å²) in [5.41, 5.74) is -3.46. The second-order valence-corrected chi connectivity index (χ2v) is 12.4. The molecule has 0 saturated heterocycles. The maximum Gasteiger partial charge on any atom is 0.336 e. The summed E-state index contributed by atoms with van der Waals surface area (Å²) in [4.78, 5) is 77.8. The zero-order valence-electron chi connectivity index (χ0n) is 31.0. The van der Waals surface area contributed by atoms with Gasteiger partial charge in [0.25, 0.3) is 0 Å². The Kier molecular flexibility index (Phi) is 17.5. The Morgan fingerprint density at radius 1 is 0.421 bits per heavy atom.